The third-order valence-electron chi connectivity index (χ3n) is 3.33. The summed E-state index contributed by atoms with van der Waals surface area (Å²) in [6.07, 6.45) is 2.38. The van der Waals surface area contributed by atoms with Crippen molar-refractivity contribution in [1.82, 2.24) is 10.2 Å². The highest BCUT2D eigenvalue weighted by molar-refractivity contribution is 6.33. The quantitative estimate of drug-likeness (QED) is 0.667. The molecule has 6 nitrogen and oxygen atoms in total. The minimum atomic E-state index is -0.627. The number of nitrogens with one attached hydrogen (secondary N) is 1. The first-order valence-electron chi connectivity index (χ1n) is 6.53. The number of benzene rings is 1. The van der Waals surface area contributed by atoms with Gasteiger partial charge in [-0.05, 0) is 38.1 Å². The second-order valence-corrected chi connectivity index (χ2v) is 5.10. The Kier molecular flexibility index (Phi) is 4.92. The first-order valence-corrected chi connectivity index (χ1v) is 6.91. The highest BCUT2D eigenvalue weighted by Gasteiger charge is 2.23. The van der Waals surface area contributed by atoms with Crippen LogP contribution in [0.2, 0.25) is 5.02 Å². The van der Waals surface area contributed by atoms with Gasteiger partial charge in [0.15, 0.2) is 0 Å². The molecule has 1 aliphatic heterocycles. The van der Waals surface area contributed by atoms with Crippen LogP contribution in [-0.4, -0.2) is 41.9 Å². The number of amides is 1. The fourth-order valence-corrected chi connectivity index (χ4v) is 2.56. The monoisotopic (exact) mass is 297 g/mol. The number of hydrogen-bond donors (Lipinski definition) is 1. The van der Waals surface area contributed by atoms with Gasteiger partial charge in [0, 0.05) is 13.1 Å². The zero-order valence-electron chi connectivity index (χ0n) is 11.0. The van der Waals surface area contributed by atoms with Crippen molar-refractivity contribution in [3.8, 4) is 0 Å². The number of carbonyl (C=O) groups excluding carboxylic acids is 1. The van der Waals surface area contributed by atoms with E-state index in [1.54, 1.807) is 0 Å². The van der Waals surface area contributed by atoms with Gasteiger partial charge in [-0.25, -0.2) is 0 Å². The van der Waals surface area contributed by atoms with Crippen molar-refractivity contribution in [3.05, 3.63) is 38.9 Å². The lowest BCUT2D eigenvalue weighted by Gasteiger charge is -2.14. The molecular formula is C13H16ClN3O3. The molecule has 1 fully saturated rings. The molecule has 0 atom stereocenters. The van der Waals surface area contributed by atoms with Crippen LogP contribution < -0.4 is 5.32 Å². The number of halogens is 1. The maximum Gasteiger partial charge on any atom is 0.300 e. The van der Waals surface area contributed by atoms with Crippen molar-refractivity contribution in [2.24, 2.45) is 0 Å². The molecule has 1 heterocycles. The summed E-state index contributed by atoms with van der Waals surface area (Å²) in [5.74, 6) is -0.460. The molecule has 108 valence electrons. The molecular weight excluding hydrogens is 282 g/mol. The predicted octanol–water partition coefficient (Wildman–Crippen LogP) is 2.07. The van der Waals surface area contributed by atoms with Crippen LogP contribution in [0.1, 0.15) is 23.2 Å². The Morgan fingerprint density at radius 1 is 1.40 bits per heavy atom. The fourth-order valence-electron chi connectivity index (χ4n) is 2.31. The zero-order chi connectivity index (χ0) is 14.5. The summed E-state index contributed by atoms with van der Waals surface area (Å²) in [5.41, 5.74) is -0.336. The molecule has 1 aliphatic rings. The van der Waals surface area contributed by atoms with E-state index in [1.165, 1.54) is 31.0 Å². The van der Waals surface area contributed by atoms with Crippen molar-refractivity contribution in [2.75, 3.05) is 26.2 Å². The van der Waals surface area contributed by atoms with Crippen molar-refractivity contribution < 1.29 is 9.72 Å². The van der Waals surface area contributed by atoms with Crippen LogP contribution in [0, 0.1) is 10.1 Å². The van der Waals surface area contributed by atoms with Gasteiger partial charge in [0.2, 0.25) is 0 Å². The second-order valence-electron chi connectivity index (χ2n) is 4.70. The third-order valence-corrected chi connectivity index (χ3v) is 3.63. The van der Waals surface area contributed by atoms with E-state index in [1.807, 2.05) is 0 Å². The highest BCUT2D eigenvalue weighted by Crippen LogP contribution is 2.27. The number of rotatable bonds is 5. The first-order chi connectivity index (χ1) is 9.59. The number of hydrogen-bond acceptors (Lipinski definition) is 4. The minimum absolute atomic E-state index is 0.00363. The number of nitro groups is 1. The van der Waals surface area contributed by atoms with Gasteiger partial charge < -0.3 is 10.2 Å². The molecule has 0 unspecified atom stereocenters. The first kappa shape index (κ1) is 14.7. The van der Waals surface area contributed by atoms with E-state index in [4.69, 9.17) is 11.6 Å². The zero-order valence-corrected chi connectivity index (χ0v) is 11.7. The fraction of sp³-hybridized carbons (Fsp3) is 0.462. The maximum absolute atomic E-state index is 12.0. The van der Waals surface area contributed by atoms with Gasteiger partial charge in [-0.2, -0.15) is 0 Å². The average Bonchev–Trinajstić information content (AvgIpc) is 2.91. The Balaban J connectivity index is 1.98. The summed E-state index contributed by atoms with van der Waals surface area (Å²) in [6.45, 7) is 3.34. The minimum Gasteiger partial charge on any atom is -0.351 e. The van der Waals surface area contributed by atoms with Crippen LogP contribution in [-0.2, 0) is 0 Å². The molecule has 1 saturated heterocycles. The van der Waals surface area contributed by atoms with E-state index in [9.17, 15) is 14.9 Å². The molecule has 0 spiro atoms. The maximum atomic E-state index is 12.0. The lowest BCUT2D eigenvalue weighted by molar-refractivity contribution is -0.385. The van der Waals surface area contributed by atoms with E-state index < -0.39 is 10.8 Å². The van der Waals surface area contributed by atoms with Crippen LogP contribution in [0.25, 0.3) is 0 Å². The lowest BCUT2D eigenvalue weighted by Crippen LogP contribution is -2.33. The summed E-state index contributed by atoms with van der Waals surface area (Å²) in [6, 6.07) is 4.35. The molecule has 1 aromatic rings. The molecule has 0 saturated carbocycles. The number of nitro benzene ring substituents is 1. The molecule has 0 aromatic heterocycles. The molecule has 0 aliphatic carbocycles. The van der Waals surface area contributed by atoms with Crippen LogP contribution >= 0.6 is 11.6 Å². The SMILES string of the molecule is O=C(NCCN1CCCC1)c1cccc(Cl)c1[N+](=O)[O-]. The Morgan fingerprint density at radius 3 is 2.75 bits per heavy atom. The second kappa shape index (κ2) is 6.67. The number of carbonyl (C=O) groups is 1. The predicted molar refractivity (Wildman–Crippen MR) is 76.1 cm³/mol. The summed E-state index contributed by atoms with van der Waals surface area (Å²) in [7, 11) is 0. The van der Waals surface area contributed by atoms with Gasteiger partial charge in [0.1, 0.15) is 10.6 Å². The van der Waals surface area contributed by atoms with Gasteiger partial charge in [-0.15, -0.1) is 0 Å². The largest absolute Gasteiger partial charge is 0.351 e. The number of para-hydroxylation sites is 1. The summed E-state index contributed by atoms with van der Waals surface area (Å²) < 4.78 is 0. The van der Waals surface area contributed by atoms with Crippen molar-refractivity contribution in [1.29, 1.82) is 0 Å². The Bertz CT molecular complexity index is 516. The van der Waals surface area contributed by atoms with Crippen molar-refractivity contribution in [2.45, 2.75) is 12.8 Å². The normalized spacial score (nSPS) is 15.2. The van der Waals surface area contributed by atoms with E-state index in [-0.39, 0.29) is 16.3 Å². The molecule has 0 bridgehead atoms. The molecule has 0 radical (unpaired) electrons. The van der Waals surface area contributed by atoms with Gasteiger partial charge in [0.25, 0.3) is 5.91 Å². The number of likely N-dealkylation sites (tertiary alicyclic amines) is 1. The molecule has 1 N–H and O–H groups in total. The van der Waals surface area contributed by atoms with Crippen molar-refractivity contribution in [3.63, 3.8) is 0 Å². The summed E-state index contributed by atoms with van der Waals surface area (Å²) in [5, 5.41) is 13.6. The van der Waals surface area contributed by atoms with Crippen molar-refractivity contribution >= 4 is 23.2 Å². The smallest absolute Gasteiger partial charge is 0.300 e. The van der Waals surface area contributed by atoms with Crippen LogP contribution in [0.5, 0.6) is 0 Å². The van der Waals surface area contributed by atoms with E-state index in [0.717, 1.165) is 19.6 Å². The van der Waals surface area contributed by atoms with Crippen LogP contribution in [0.4, 0.5) is 5.69 Å². The van der Waals surface area contributed by atoms with Crippen LogP contribution in [0.15, 0.2) is 18.2 Å². The van der Waals surface area contributed by atoms with Gasteiger partial charge in [-0.3, -0.25) is 14.9 Å². The van der Waals surface area contributed by atoms with Crippen LogP contribution in [0.3, 0.4) is 0 Å². The summed E-state index contributed by atoms with van der Waals surface area (Å²) >= 11 is 5.78. The number of nitrogens with zero attached hydrogens (tertiary/aromatic N) is 2. The molecule has 7 heteroatoms. The molecule has 1 amide bonds. The standard InChI is InChI=1S/C13H16ClN3O3/c14-11-5-3-4-10(12(11)17(19)20)13(18)15-6-9-16-7-1-2-8-16/h3-5H,1-2,6-9H2,(H,15,18). The highest BCUT2D eigenvalue weighted by atomic mass is 35.5. The lowest BCUT2D eigenvalue weighted by atomic mass is 10.1. The average molecular weight is 298 g/mol. The Morgan fingerprint density at radius 2 is 2.10 bits per heavy atom. The van der Waals surface area contributed by atoms with E-state index in [0.29, 0.717) is 6.54 Å². The Hall–Kier alpha value is -1.66. The third kappa shape index (κ3) is 3.46. The molecule has 20 heavy (non-hydrogen) atoms. The van der Waals surface area contributed by atoms with Gasteiger partial charge >= 0.3 is 5.69 Å². The Labute approximate surface area is 121 Å². The molecule has 1 aromatic carbocycles. The van der Waals surface area contributed by atoms with Gasteiger partial charge in [-0.1, -0.05) is 17.7 Å². The van der Waals surface area contributed by atoms with Gasteiger partial charge in [0.05, 0.1) is 4.92 Å². The van der Waals surface area contributed by atoms with E-state index in [2.05, 4.69) is 10.2 Å². The topological polar surface area (TPSA) is 75.5 Å². The van der Waals surface area contributed by atoms with E-state index >= 15 is 0 Å². The molecule has 2 rings (SSSR count). The summed E-state index contributed by atoms with van der Waals surface area (Å²) in [4.78, 5) is 24.6.